The largest absolute Gasteiger partial charge is 0.469 e. The van der Waals surface area contributed by atoms with E-state index in [0.717, 1.165) is 0 Å². The summed E-state index contributed by atoms with van der Waals surface area (Å²) in [5.74, 6) is -1.53. The highest BCUT2D eigenvalue weighted by molar-refractivity contribution is 5.88. The number of methoxy groups -OCH3 is 1. The van der Waals surface area contributed by atoms with Crippen LogP contribution in [0.5, 0.6) is 0 Å². The van der Waals surface area contributed by atoms with Gasteiger partial charge in [-0.15, -0.1) is 0 Å². The van der Waals surface area contributed by atoms with Crippen LogP contribution in [0, 0.1) is 5.92 Å². The SMILES string of the molecule is COC(=O)CC(O)C(C)C/C=C/C=C(\C)C(=O)O[C@@H]1O[C@H](CO)[C@@H](O)[C@H](O)[C@H]1O. The molecule has 5 N–H and O–H groups in total. The van der Waals surface area contributed by atoms with Crippen LogP contribution in [0.2, 0.25) is 0 Å². The quantitative estimate of drug-likeness (QED) is 0.174. The smallest absolute Gasteiger partial charge is 0.336 e. The molecule has 10 heteroatoms. The third kappa shape index (κ3) is 7.50. The van der Waals surface area contributed by atoms with Gasteiger partial charge in [0.2, 0.25) is 6.29 Å². The van der Waals surface area contributed by atoms with E-state index in [0.29, 0.717) is 6.42 Å². The number of carbonyl (C=O) groups excluding carboxylic acids is 2. The van der Waals surface area contributed by atoms with Gasteiger partial charge in [0.25, 0.3) is 0 Å². The first-order valence-electron chi connectivity index (χ1n) is 9.22. The molecule has 29 heavy (non-hydrogen) atoms. The van der Waals surface area contributed by atoms with Gasteiger partial charge in [-0.1, -0.05) is 25.2 Å². The van der Waals surface area contributed by atoms with Crippen molar-refractivity contribution in [2.24, 2.45) is 5.92 Å². The van der Waals surface area contributed by atoms with Crippen molar-refractivity contribution in [3.05, 3.63) is 23.8 Å². The predicted octanol–water partition coefficient (Wildman–Crippen LogP) is -1.22. The number of allylic oxidation sites excluding steroid dienone is 3. The Labute approximate surface area is 169 Å². The van der Waals surface area contributed by atoms with Gasteiger partial charge < -0.3 is 39.7 Å². The van der Waals surface area contributed by atoms with E-state index in [1.165, 1.54) is 20.1 Å². The average molecular weight is 418 g/mol. The highest BCUT2D eigenvalue weighted by atomic mass is 16.7. The predicted molar refractivity (Wildman–Crippen MR) is 99.2 cm³/mol. The Morgan fingerprint density at radius 1 is 1.17 bits per heavy atom. The zero-order valence-corrected chi connectivity index (χ0v) is 16.7. The van der Waals surface area contributed by atoms with Gasteiger partial charge in [0.1, 0.15) is 24.4 Å². The number of rotatable bonds is 9. The van der Waals surface area contributed by atoms with Crippen LogP contribution in [0.1, 0.15) is 26.7 Å². The normalized spacial score (nSPS) is 30.1. The molecule has 0 aromatic carbocycles. The Morgan fingerprint density at radius 3 is 2.41 bits per heavy atom. The lowest BCUT2D eigenvalue weighted by Crippen LogP contribution is -2.59. The second kappa shape index (κ2) is 12.0. The number of carbonyl (C=O) groups is 2. The maximum absolute atomic E-state index is 12.1. The summed E-state index contributed by atoms with van der Waals surface area (Å²) in [6.45, 7) is 2.60. The van der Waals surface area contributed by atoms with Crippen molar-refractivity contribution in [2.45, 2.75) is 63.5 Å². The summed E-state index contributed by atoms with van der Waals surface area (Å²) in [4.78, 5) is 23.3. The number of aliphatic hydroxyl groups excluding tert-OH is 5. The molecule has 166 valence electrons. The van der Waals surface area contributed by atoms with Gasteiger partial charge in [0.05, 0.1) is 26.2 Å². The molecule has 0 bridgehead atoms. The molecule has 0 radical (unpaired) electrons. The Balaban J connectivity index is 2.57. The minimum atomic E-state index is -1.67. The van der Waals surface area contributed by atoms with E-state index in [9.17, 15) is 30.0 Å². The molecule has 1 saturated heterocycles. The fourth-order valence-electron chi connectivity index (χ4n) is 2.55. The van der Waals surface area contributed by atoms with E-state index < -0.39 is 55.4 Å². The zero-order chi connectivity index (χ0) is 22.1. The zero-order valence-electron chi connectivity index (χ0n) is 16.7. The minimum Gasteiger partial charge on any atom is -0.469 e. The monoisotopic (exact) mass is 418 g/mol. The third-order valence-corrected chi connectivity index (χ3v) is 4.64. The summed E-state index contributed by atoms with van der Waals surface area (Å²) < 4.78 is 14.6. The molecule has 1 aliphatic heterocycles. The molecule has 1 heterocycles. The Morgan fingerprint density at radius 2 is 1.83 bits per heavy atom. The van der Waals surface area contributed by atoms with Crippen molar-refractivity contribution in [3.63, 3.8) is 0 Å². The second-order valence-electron chi connectivity index (χ2n) is 6.94. The highest BCUT2D eigenvalue weighted by Crippen LogP contribution is 2.22. The fraction of sp³-hybridized carbons (Fsp3) is 0.684. The molecule has 0 aliphatic carbocycles. The van der Waals surface area contributed by atoms with Gasteiger partial charge in [-0.05, 0) is 19.3 Å². The molecular weight excluding hydrogens is 388 g/mol. The van der Waals surface area contributed by atoms with Crippen molar-refractivity contribution >= 4 is 11.9 Å². The van der Waals surface area contributed by atoms with E-state index in [2.05, 4.69) is 4.74 Å². The first kappa shape index (κ1) is 25.2. The van der Waals surface area contributed by atoms with Gasteiger partial charge in [-0.25, -0.2) is 4.79 Å². The lowest BCUT2D eigenvalue weighted by atomic mass is 9.98. The molecule has 0 amide bonds. The van der Waals surface area contributed by atoms with Gasteiger partial charge >= 0.3 is 11.9 Å². The van der Waals surface area contributed by atoms with Crippen molar-refractivity contribution in [1.29, 1.82) is 0 Å². The van der Waals surface area contributed by atoms with Gasteiger partial charge in [0, 0.05) is 5.57 Å². The number of esters is 2. The van der Waals surface area contributed by atoms with Crippen molar-refractivity contribution < 1.29 is 49.3 Å². The third-order valence-electron chi connectivity index (χ3n) is 4.64. The van der Waals surface area contributed by atoms with Crippen LogP contribution in [0.4, 0.5) is 0 Å². The van der Waals surface area contributed by atoms with E-state index in [4.69, 9.17) is 14.6 Å². The van der Waals surface area contributed by atoms with E-state index in [-0.39, 0.29) is 17.9 Å². The van der Waals surface area contributed by atoms with Crippen LogP contribution in [0.25, 0.3) is 0 Å². The van der Waals surface area contributed by atoms with Crippen LogP contribution >= 0.6 is 0 Å². The molecule has 1 aliphatic rings. The number of aliphatic hydroxyl groups is 5. The topological polar surface area (TPSA) is 163 Å². The van der Waals surface area contributed by atoms with Crippen molar-refractivity contribution in [2.75, 3.05) is 13.7 Å². The molecule has 0 aromatic rings. The molecule has 2 unspecified atom stereocenters. The van der Waals surface area contributed by atoms with Crippen LogP contribution in [0.3, 0.4) is 0 Å². The fourth-order valence-corrected chi connectivity index (χ4v) is 2.55. The van der Waals surface area contributed by atoms with Gasteiger partial charge in [0.15, 0.2) is 0 Å². The first-order chi connectivity index (χ1) is 13.6. The molecule has 1 rings (SSSR count). The summed E-state index contributed by atoms with van der Waals surface area (Å²) in [5, 5.41) is 48.3. The molecule has 0 spiro atoms. The Hall–Kier alpha value is -1.82. The molecular formula is C19H30O10. The number of hydrogen-bond donors (Lipinski definition) is 5. The van der Waals surface area contributed by atoms with Crippen LogP contribution < -0.4 is 0 Å². The molecule has 1 fully saturated rings. The summed E-state index contributed by atoms with van der Waals surface area (Å²) in [6, 6.07) is 0. The van der Waals surface area contributed by atoms with E-state index >= 15 is 0 Å². The van der Waals surface area contributed by atoms with Gasteiger partial charge in [-0.2, -0.15) is 0 Å². The molecule has 0 saturated carbocycles. The standard InChI is InChI=1S/C19H30O10/c1-10(12(21)8-14(22)27-3)6-4-5-7-11(2)18(26)29-19-17(25)16(24)15(23)13(9-20)28-19/h4-5,7,10,12-13,15-17,19-21,23-25H,6,8-9H2,1-3H3/b5-4+,11-7+/t10?,12?,13-,15-,16+,17-,19+/m1/s1. The maximum Gasteiger partial charge on any atom is 0.336 e. The van der Waals surface area contributed by atoms with Crippen molar-refractivity contribution in [1.82, 2.24) is 0 Å². The van der Waals surface area contributed by atoms with E-state index in [1.807, 2.05) is 0 Å². The summed E-state index contributed by atoms with van der Waals surface area (Å²) in [5.41, 5.74) is 0.168. The van der Waals surface area contributed by atoms with E-state index in [1.54, 1.807) is 19.1 Å². The summed E-state index contributed by atoms with van der Waals surface area (Å²) >= 11 is 0. The van der Waals surface area contributed by atoms with Crippen LogP contribution in [-0.4, -0.2) is 88.0 Å². The lowest BCUT2D eigenvalue weighted by molar-refractivity contribution is -0.291. The number of ether oxygens (including phenoxy) is 3. The summed E-state index contributed by atoms with van der Waals surface area (Å²) in [6.07, 6.45) is -3.35. The Kier molecular flexibility index (Phi) is 10.4. The molecule has 0 aromatic heterocycles. The molecule has 10 nitrogen and oxygen atoms in total. The minimum absolute atomic E-state index is 0.105. The maximum atomic E-state index is 12.1. The Bertz CT molecular complexity index is 600. The highest BCUT2D eigenvalue weighted by Gasteiger charge is 2.45. The average Bonchev–Trinajstić information content (AvgIpc) is 2.70. The molecule has 7 atom stereocenters. The van der Waals surface area contributed by atoms with Gasteiger partial charge in [-0.3, -0.25) is 4.79 Å². The number of hydrogen-bond acceptors (Lipinski definition) is 10. The van der Waals surface area contributed by atoms with Crippen molar-refractivity contribution in [3.8, 4) is 0 Å². The summed E-state index contributed by atoms with van der Waals surface area (Å²) in [7, 11) is 1.25. The van der Waals surface area contributed by atoms with Crippen LogP contribution in [0.15, 0.2) is 23.8 Å². The first-order valence-corrected chi connectivity index (χ1v) is 9.22. The van der Waals surface area contributed by atoms with Crippen LogP contribution in [-0.2, 0) is 23.8 Å². The lowest BCUT2D eigenvalue weighted by Gasteiger charge is -2.39. The second-order valence-corrected chi connectivity index (χ2v) is 6.94.